The Morgan fingerprint density at radius 2 is 0.860 bits per heavy atom. The first-order chi connectivity index (χ1) is 20.5. The quantitative estimate of drug-likeness (QED) is 0.144. The molecule has 0 aliphatic heterocycles. The monoisotopic (exact) mass is 622 g/mol. The van der Waals surface area contributed by atoms with Gasteiger partial charge in [0.25, 0.3) is 20.0 Å². The number of benzene rings is 4. The molecule has 4 aromatic rings. The number of nitrogens with two attached hydrogens (primary N) is 2. The zero-order valence-corrected chi connectivity index (χ0v) is 24.4. The lowest BCUT2D eigenvalue weighted by Crippen LogP contribution is -2.63. The third kappa shape index (κ3) is 7.37. The van der Waals surface area contributed by atoms with Gasteiger partial charge in [0.1, 0.15) is 0 Å². The smallest absolute Gasteiger partial charge is 0.326 e. The molecule has 12 nitrogen and oxygen atoms in total. The van der Waals surface area contributed by atoms with Crippen LogP contribution >= 0.6 is 0 Å². The average Bonchev–Trinajstić information content (AvgIpc) is 3.01. The zero-order chi connectivity index (χ0) is 31.1. The highest BCUT2D eigenvalue weighted by Crippen LogP contribution is 2.27. The van der Waals surface area contributed by atoms with Crippen LogP contribution in [0.3, 0.4) is 0 Å². The fourth-order valence-corrected chi connectivity index (χ4v) is 6.04. The van der Waals surface area contributed by atoms with Gasteiger partial charge in [-0.05, 0) is 35.4 Å². The second kappa shape index (κ2) is 13.0. The molecule has 0 heterocycles. The second-order valence-electron chi connectivity index (χ2n) is 9.30. The summed E-state index contributed by atoms with van der Waals surface area (Å²) >= 11 is 0. The summed E-state index contributed by atoms with van der Waals surface area (Å²) in [5, 5.41) is 5.11. The van der Waals surface area contributed by atoms with E-state index in [4.69, 9.17) is 11.5 Å². The molecule has 4 rings (SSSR count). The van der Waals surface area contributed by atoms with Gasteiger partial charge in [0.05, 0.1) is 9.79 Å². The number of urea groups is 2. The van der Waals surface area contributed by atoms with Gasteiger partial charge in [0, 0.05) is 24.2 Å². The Kier molecular flexibility index (Phi) is 9.46. The first-order valence-electron chi connectivity index (χ1n) is 12.9. The van der Waals surface area contributed by atoms with E-state index in [0.717, 1.165) is 0 Å². The molecular formula is C29H30N6O6S2. The predicted molar refractivity (Wildman–Crippen MR) is 160 cm³/mol. The first kappa shape index (κ1) is 31.2. The topological polar surface area (TPSA) is 203 Å². The zero-order valence-electron chi connectivity index (χ0n) is 22.7. The summed E-state index contributed by atoms with van der Waals surface area (Å²) in [7, 11) is -8.71. The highest BCUT2D eigenvalue weighted by atomic mass is 32.2. The van der Waals surface area contributed by atoms with Crippen LogP contribution in [-0.4, -0.2) is 28.9 Å². The van der Waals surface area contributed by atoms with Gasteiger partial charge < -0.3 is 22.1 Å². The van der Waals surface area contributed by atoms with E-state index in [1.807, 2.05) is 9.44 Å². The Balaban J connectivity index is 1.70. The molecule has 0 aliphatic carbocycles. The molecule has 224 valence electrons. The standard InChI is InChI=1S/C29H30N6O6S2/c30-19-21-11-15-25(16-12-21)42(38,39)34-27(36)32-29(23-7-3-1-4-8-23,24-9-5-2-6-10-24)33-28(37)35-43(40,41)26-17-13-22(20-31)14-18-26/h1-18H,19-20,30-31H2,(H2,32,34,36)(H2,33,35,37). The fraction of sp³-hybridized carbons (Fsp3) is 0.103. The van der Waals surface area contributed by atoms with Gasteiger partial charge in [0.2, 0.25) is 0 Å². The number of hydrogen-bond acceptors (Lipinski definition) is 8. The van der Waals surface area contributed by atoms with Gasteiger partial charge >= 0.3 is 12.1 Å². The molecule has 0 saturated heterocycles. The maximum atomic E-state index is 13.3. The maximum absolute atomic E-state index is 13.3. The summed E-state index contributed by atoms with van der Waals surface area (Å²) in [5.41, 5.74) is 11.2. The predicted octanol–water partition coefficient (Wildman–Crippen LogP) is 2.18. The molecule has 0 aromatic heterocycles. The fourth-order valence-electron chi connectivity index (χ4n) is 4.23. The molecule has 0 radical (unpaired) electrons. The van der Waals surface area contributed by atoms with Crippen LogP contribution in [0.5, 0.6) is 0 Å². The van der Waals surface area contributed by atoms with Gasteiger partial charge in [-0.15, -0.1) is 0 Å². The number of carbonyl (C=O) groups excluding carboxylic acids is 2. The van der Waals surface area contributed by atoms with E-state index in [1.54, 1.807) is 60.7 Å². The average molecular weight is 623 g/mol. The van der Waals surface area contributed by atoms with Crippen molar-refractivity contribution < 1.29 is 26.4 Å². The van der Waals surface area contributed by atoms with Crippen LogP contribution in [0.4, 0.5) is 9.59 Å². The van der Waals surface area contributed by atoms with Crippen LogP contribution in [0, 0.1) is 0 Å². The largest absolute Gasteiger partial charge is 0.331 e. The van der Waals surface area contributed by atoms with Crippen LogP contribution < -0.4 is 31.5 Å². The van der Waals surface area contributed by atoms with E-state index < -0.39 is 37.8 Å². The summed E-state index contributed by atoms with van der Waals surface area (Å²) in [5.74, 6) is 0. The van der Waals surface area contributed by atoms with Crippen LogP contribution in [0.1, 0.15) is 22.3 Å². The summed E-state index contributed by atoms with van der Waals surface area (Å²) in [6.07, 6.45) is 0. The van der Waals surface area contributed by atoms with Crippen LogP contribution in [-0.2, 0) is 38.8 Å². The van der Waals surface area contributed by atoms with Gasteiger partial charge in [-0.3, -0.25) is 0 Å². The Labute approximate surface area is 249 Å². The van der Waals surface area contributed by atoms with Gasteiger partial charge in [0.15, 0.2) is 5.66 Å². The second-order valence-corrected chi connectivity index (χ2v) is 12.7. The van der Waals surface area contributed by atoms with Crippen molar-refractivity contribution in [3.05, 3.63) is 131 Å². The highest BCUT2D eigenvalue weighted by molar-refractivity contribution is 7.90. The van der Waals surface area contributed by atoms with E-state index in [9.17, 15) is 26.4 Å². The minimum Gasteiger partial charge on any atom is -0.326 e. The number of nitrogens with one attached hydrogen (secondary N) is 4. The van der Waals surface area contributed by atoms with Gasteiger partial charge in [-0.1, -0.05) is 84.9 Å². The van der Waals surface area contributed by atoms with Crippen molar-refractivity contribution in [3.8, 4) is 0 Å². The molecule has 0 fully saturated rings. The van der Waals surface area contributed by atoms with Crippen LogP contribution in [0.2, 0.25) is 0 Å². The van der Waals surface area contributed by atoms with Crippen LogP contribution in [0.15, 0.2) is 119 Å². The summed E-state index contributed by atoms with van der Waals surface area (Å²) in [4.78, 5) is 26.3. The number of rotatable bonds is 10. The number of amides is 4. The normalized spacial score (nSPS) is 11.8. The van der Waals surface area contributed by atoms with E-state index >= 15 is 0 Å². The molecule has 8 N–H and O–H groups in total. The van der Waals surface area contributed by atoms with Gasteiger partial charge in [-0.2, -0.15) is 0 Å². The lowest BCUT2D eigenvalue weighted by atomic mass is 9.91. The Hall–Kier alpha value is -4.76. The Morgan fingerprint density at radius 1 is 0.535 bits per heavy atom. The number of carbonyl (C=O) groups is 2. The van der Waals surface area contributed by atoms with Crippen molar-refractivity contribution >= 4 is 32.1 Å². The lowest BCUT2D eigenvalue weighted by Gasteiger charge is -2.36. The van der Waals surface area contributed by atoms with Crippen molar-refractivity contribution in [1.82, 2.24) is 20.1 Å². The van der Waals surface area contributed by atoms with E-state index in [2.05, 4.69) is 10.6 Å². The number of hydrogen-bond donors (Lipinski definition) is 6. The minimum atomic E-state index is -4.36. The molecule has 43 heavy (non-hydrogen) atoms. The summed E-state index contributed by atoms with van der Waals surface area (Å²) in [6, 6.07) is 25.1. The summed E-state index contributed by atoms with van der Waals surface area (Å²) < 4.78 is 56.0. The molecule has 14 heteroatoms. The van der Waals surface area contributed by atoms with Gasteiger partial charge in [-0.25, -0.2) is 35.9 Å². The Bertz CT molecular complexity index is 1650. The molecule has 0 unspecified atom stereocenters. The van der Waals surface area contributed by atoms with E-state index in [0.29, 0.717) is 22.3 Å². The first-order valence-corrected chi connectivity index (χ1v) is 15.8. The maximum Gasteiger partial charge on any atom is 0.331 e. The van der Waals surface area contributed by atoms with E-state index in [1.165, 1.54) is 48.5 Å². The molecule has 0 spiro atoms. The van der Waals surface area contributed by atoms with Crippen molar-refractivity contribution in [2.24, 2.45) is 11.5 Å². The SMILES string of the molecule is NCc1ccc(S(=O)(=O)NC(=O)NC(NC(=O)NS(=O)(=O)c2ccc(CN)cc2)(c2ccccc2)c2ccccc2)cc1. The third-order valence-electron chi connectivity index (χ3n) is 6.41. The molecular weight excluding hydrogens is 592 g/mol. The van der Waals surface area contributed by atoms with Crippen molar-refractivity contribution in [1.29, 1.82) is 0 Å². The third-order valence-corrected chi connectivity index (χ3v) is 9.10. The number of sulfonamides is 2. The van der Waals surface area contributed by atoms with E-state index in [-0.39, 0.29) is 22.9 Å². The molecule has 0 saturated carbocycles. The van der Waals surface area contributed by atoms with Crippen molar-refractivity contribution in [3.63, 3.8) is 0 Å². The van der Waals surface area contributed by atoms with Crippen molar-refractivity contribution in [2.45, 2.75) is 28.5 Å². The molecule has 0 bridgehead atoms. The molecule has 0 aliphatic rings. The molecule has 4 aromatic carbocycles. The highest BCUT2D eigenvalue weighted by Gasteiger charge is 2.39. The summed E-state index contributed by atoms with van der Waals surface area (Å²) in [6.45, 7) is 0.404. The lowest BCUT2D eigenvalue weighted by molar-refractivity contribution is 0.218. The Morgan fingerprint density at radius 3 is 1.16 bits per heavy atom. The minimum absolute atomic E-state index is 0.192. The molecule has 4 amide bonds. The molecule has 0 atom stereocenters. The van der Waals surface area contributed by atoms with Crippen molar-refractivity contribution in [2.75, 3.05) is 0 Å². The van der Waals surface area contributed by atoms with Crippen LogP contribution in [0.25, 0.3) is 0 Å².